The lowest BCUT2D eigenvalue weighted by Gasteiger charge is -2.34. The summed E-state index contributed by atoms with van der Waals surface area (Å²) in [5.41, 5.74) is 0.692. The average Bonchev–Trinajstić information content (AvgIpc) is 2.53. The van der Waals surface area contributed by atoms with E-state index in [2.05, 4.69) is 6.57 Å². The third-order valence-corrected chi connectivity index (χ3v) is 8.12. The summed E-state index contributed by atoms with van der Waals surface area (Å²) >= 11 is 4.88. The molecule has 0 saturated heterocycles. The van der Waals surface area contributed by atoms with Crippen molar-refractivity contribution in [1.82, 2.24) is 0 Å². The molecule has 2 rings (SSSR count). The first-order valence-corrected chi connectivity index (χ1v) is 10.0. The van der Waals surface area contributed by atoms with Gasteiger partial charge in [0.2, 0.25) is 0 Å². The second-order valence-corrected chi connectivity index (χ2v) is 8.91. The molecule has 0 fully saturated rings. The Morgan fingerprint density at radius 1 is 1.12 bits per heavy atom. The monoisotopic (exact) mass is 401 g/mol. The lowest BCUT2D eigenvalue weighted by Crippen LogP contribution is -2.57. The molecule has 25 heavy (non-hydrogen) atoms. The number of benzene rings is 1. The van der Waals surface area contributed by atoms with E-state index in [4.69, 9.17) is 17.5 Å². The molecule has 1 aliphatic rings. The lowest BCUT2D eigenvalue weighted by molar-refractivity contribution is 0.431. The zero-order valence-corrected chi connectivity index (χ0v) is 15.2. The maximum atomic E-state index is 11.8. The first kappa shape index (κ1) is 21.1. The Morgan fingerprint density at radius 2 is 1.64 bits per heavy atom. The van der Waals surface area contributed by atoms with Gasteiger partial charge in [0.1, 0.15) is 0 Å². The van der Waals surface area contributed by atoms with E-state index < -0.39 is 35.1 Å². The lowest BCUT2D eigenvalue weighted by atomic mass is 9.93. The summed E-state index contributed by atoms with van der Waals surface area (Å²) in [6.45, 7) is 3.50. The van der Waals surface area contributed by atoms with Gasteiger partial charge in [0.15, 0.2) is 0 Å². The minimum absolute atomic E-state index is 0.162. The molecule has 0 aromatic heterocycles. The molecular weight excluding hydrogens is 386 g/mol. The average molecular weight is 401 g/mol. The van der Waals surface area contributed by atoms with Crippen LogP contribution in [0, 0.1) is 17.8 Å². The van der Waals surface area contributed by atoms with Crippen molar-refractivity contribution in [3.63, 3.8) is 0 Å². The van der Waals surface area contributed by atoms with Crippen LogP contribution < -0.4 is 0 Å². The number of allylic oxidation sites excluding steroid dienone is 3. The molecule has 0 bridgehead atoms. The van der Waals surface area contributed by atoms with Gasteiger partial charge in [-0.1, -0.05) is 66.9 Å². The molecule has 1 aliphatic carbocycles. The second-order valence-electron chi connectivity index (χ2n) is 4.97. The number of thiocarbonyl (C=S) groups is 1. The summed E-state index contributed by atoms with van der Waals surface area (Å²) < 4.78 is 63.5. The Bertz CT molecular complexity index is 883. The van der Waals surface area contributed by atoms with Crippen LogP contribution in [0.4, 0.5) is 0 Å². The van der Waals surface area contributed by atoms with E-state index in [-0.39, 0.29) is 6.42 Å². The Labute approximate surface area is 151 Å². The van der Waals surface area contributed by atoms with Crippen molar-refractivity contribution < 1.29 is 25.9 Å². The predicted molar refractivity (Wildman–Crippen MR) is 97.8 cm³/mol. The molecule has 0 aliphatic heterocycles. The largest absolute Gasteiger partial charge is 0.293 e. The van der Waals surface area contributed by atoms with E-state index in [1.54, 1.807) is 30.3 Å². The minimum atomic E-state index is -5.23. The fourth-order valence-electron chi connectivity index (χ4n) is 2.51. The smallest absolute Gasteiger partial charge is 0.284 e. The van der Waals surface area contributed by atoms with E-state index in [9.17, 15) is 25.9 Å². The van der Waals surface area contributed by atoms with Crippen molar-refractivity contribution >= 4 is 43.4 Å². The van der Waals surface area contributed by atoms with Crippen molar-refractivity contribution in [2.45, 2.75) is 10.5 Å². The fourth-order valence-corrected chi connectivity index (χ4v) is 6.18. The molecule has 0 amide bonds. The summed E-state index contributed by atoms with van der Waals surface area (Å²) in [6, 6.07) is 8.74. The first-order valence-electron chi connectivity index (χ1n) is 6.74. The summed E-state index contributed by atoms with van der Waals surface area (Å²) in [6.07, 6.45) is 5.39. The topological polar surface area (TPSA) is 133 Å². The van der Waals surface area contributed by atoms with E-state index in [0.29, 0.717) is 5.56 Å². The van der Waals surface area contributed by atoms with Crippen molar-refractivity contribution in [2.75, 3.05) is 0 Å². The minimum Gasteiger partial charge on any atom is -0.284 e. The highest BCUT2D eigenvalue weighted by atomic mass is 32.3. The fraction of sp³-hybridized carbons (Fsp3) is 0.200. The van der Waals surface area contributed by atoms with Crippen molar-refractivity contribution in [3.05, 3.63) is 54.1 Å². The van der Waals surface area contributed by atoms with E-state index in [1.165, 1.54) is 24.3 Å². The van der Waals surface area contributed by atoms with E-state index >= 15 is 0 Å². The Morgan fingerprint density at radius 3 is 2.12 bits per heavy atom. The highest BCUT2D eigenvalue weighted by Gasteiger charge is 2.62. The van der Waals surface area contributed by atoms with Crippen LogP contribution in [-0.2, 0) is 20.2 Å². The van der Waals surface area contributed by atoms with Crippen LogP contribution in [0.25, 0.3) is 6.08 Å². The van der Waals surface area contributed by atoms with Gasteiger partial charge in [0, 0.05) is 17.4 Å². The van der Waals surface area contributed by atoms with Gasteiger partial charge in [-0.15, -0.1) is 0 Å². The van der Waals surface area contributed by atoms with Crippen LogP contribution in [0.5, 0.6) is 0 Å². The molecule has 1 aromatic carbocycles. The zero-order chi connectivity index (χ0) is 19.3. The molecule has 134 valence electrons. The summed E-state index contributed by atoms with van der Waals surface area (Å²) in [5, 5.41) is 6.50. The maximum absolute atomic E-state index is 11.8. The van der Waals surface area contributed by atoms with Gasteiger partial charge in [0.05, 0.1) is 0 Å². The molecule has 0 radical (unpaired) electrons. The Kier molecular flexibility index (Phi) is 6.75. The van der Waals surface area contributed by atoms with Gasteiger partial charge in [-0.25, -0.2) is 5.26 Å². The Hall–Kier alpha value is -1.90. The van der Waals surface area contributed by atoms with Crippen LogP contribution in [0.1, 0.15) is 12.0 Å². The highest BCUT2D eigenvalue weighted by molar-refractivity contribution is 8.08. The van der Waals surface area contributed by atoms with Crippen molar-refractivity contribution in [2.24, 2.45) is 5.92 Å². The molecule has 0 heterocycles. The number of hydrogen-bond acceptors (Lipinski definition) is 6. The number of nitrogens with zero attached hydrogens (tertiary/aromatic N) is 1. The van der Waals surface area contributed by atoms with E-state index in [1.807, 2.05) is 0 Å². The molecule has 7 nitrogen and oxygen atoms in total. The summed E-state index contributed by atoms with van der Waals surface area (Å²) in [4.78, 5) is -0.479. The number of nitriles is 1. The normalized spacial score (nSPS) is 20.0. The van der Waals surface area contributed by atoms with Gasteiger partial charge in [0.25, 0.3) is 24.3 Å². The molecule has 0 spiro atoms. The van der Waals surface area contributed by atoms with Crippen LogP contribution >= 0.6 is 12.2 Å². The van der Waals surface area contributed by atoms with Gasteiger partial charge in [-0.05, 0) is 12.0 Å². The molecule has 1 aromatic rings. The summed E-state index contributed by atoms with van der Waals surface area (Å²) in [5.74, 6) is -1.35. The predicted octanol–water partition coefficient (Wildman–Crippen LogP) is 2.26. The molecular formula is C15H15NO6S3. The van der Waals surface area contributed by atoms with Crippen LogP contribution in [0.3, 0.4) is 0 Å². The summed E-state index contributed by atoms with van der Waals surface area (Å²) in [7, 11) is -10.5. The quantitative estimate of drug-likeness (QED) is 0.446. The van der Waals surface area contributed by atoms with Gasteiger partial charge >= 0.3 is 0 Å². The SMILES string of the molecule is C#N.O=S(=O)(O)C1(S(=O)(=O)O)C(=S)CC=CC1C=Cc1ccccc1. The van der Waals surface area contributed by atoms with Crippen molar-refractivity contribution in [1.29, 1.82) is 5.26 Å². The maximum Gasteiger partial charge on any atom is 0.293 e. The zero-order valence-electron chi connectivity index (χ0n) is 12.8. The van der Waals surface area contributed by atoms with Crippen molar-refractivity contribution in [3.8, 4) is 6.57 Å². The molecule has 1 unspecified atom stereocenters. The van der Waals surface area contributed by atoms with Gasteiger partial charge in [-0.3, -0.25) is 9.11 Å². The van der Waals surface area contributed by atoms with E-state index in [0.717, 1.165) is 0 Å². The third kappa shape index (κ3) is 4.02. The second kappa shape index (κ2) is 7.99. The van der Waals surface area contributed by atoms with Crippen LogP contribution in [-0.4, -0.2) is 34.9 Å². The molecule has 2 N–H and O–H groups in total. The van der Waals surface area contributed by atoms with Crippen LogP contribution in [0.2, 0.25) is 0 Å². The van der Waals surface area contributed by atoms with Gasteiger partial charge < -0.3 is 0 Å². The highest BCUT2D eigenvalue weighted by Crippen LogP contribution is 2.40. The standard InChI is InChI=1S/C14H14O6S3.CHN/c15-22(16,17)14(23(18,19)20)12(7-4-8-13(14)21)10-9-11-5-2-1-3-6-11;1-2/h1-7,9-10,12H,8H2,(H,15,16,17)(H,18,19,20);1H. The molecule has 0 saturated carbocycles. The molecule has 1 atom stereocenters. The first-order chi connectivity index (χ1) is 11.6. The Balaban J connectivity index is 0.00000151. The van der Waals surface area contributed by atoms with Crippen LogP contribution in [0.15, 0.2) is 48.6 Å². The van der Waals surface area contributed by atoms with Gasteiger partial charge in [-0.2, -0.15) is 16.8 Å². The molecule has 10 heteroatoms. The number of hydrogen-bond donors (Lipinski definition) is 2. The number of rotatable bonds is 4. The third-order valence-electron chi connectivity index (χ3n) is 3.54.